The zero-order valence-corrected chi connectivity index (χ0v) is 15.8. The minimum Gasteiger partial charge on any atom is -0.322 e. The number of amides is 1. The quantitative estimate of drug-likeness (QED) is 0.765. The molecule has 1 N–H and O–H groups in total. The zero-order chi connectivity index (χ0) is 18.3. The number of hydrogen-bond donors (Lipinski definition) is 1. The van der Waals surface area contributed by atoms with E-state index in [2.05, 4.69) is 16.4 Å². The van der Waals surface area contributed by atoms with Crippen LogP contribution in [0.25, 0.3) is 10.2 Å². The molecule has 0 saturated carbocycles. The summed E-state index contributed by atoms with van der Waals surface area (Å²) in [5.41, 5.74) is 3.77. The molecule has 0 fully saturated rings. The third-order valence-corrected chi connectivity index (χ3v) is 5.14. The van der Waals surface area contributed by atoms with Crippen molar-refractivity contribution in [1.29, 1.82) is 0 Å². The molecule has 3 aromatic rings. The summed E-state index contributed by atoms with van der Waals surface area (Å²) in [6.45, 7) is 9.70. The van der Waals surface area contributed by atoms with E-state index in [-0.39, 0.29) is 17.5 Å². The van der Waals surface area contributed by atoms with E-state index in [1.165, 1.54) is 17.7 Å². The number of thiophene rings is 1. The average Bonchev–Trinajstić information content (AvgIpc) is 2.83. The Labute approximate surface area is 150 Å². The zero-order valence-electron chi connectivity index (χ0n) is 15.0. The molecule has 3 rings (SSSR count). The van der Waals surface area contributed by atoms with Crippen molar-refractivity contribution in [1.82, 2.24) is 9.55 Å². The van der Waals surface area contributed by atoms with Gasteiger partial charge in [0.25, 0.3) is 11.5 Å². The van der Waals surface area contributed by atoms with E-state index in [4.69, 9.17) is 0 Å². The molecule has 0 aliphatic carbocycles. The van der Waals surface area contributed by atoms with Gasteiger partial charge in [0, 0.05) is 16.6 Å². The van der Waals surface area contributed by atoms with Gasteiger partial charge >= 0.3 is 0 Å². The molecule has 25 heavy (non-hydrogen) atoms. The SMILES string of the molecule is Cc1cc(C)cc(NC(=O)c2c(C)sc3c(=O)n(C(C)C)cnc23)c1. The Morgan fingerprint density at radius 3 is 2.40 bits per heavy atom. The molecule has 0 spiro atoms. The molecular weight excluding hydrogens is 334 g/mol. The van der Waals surface area contributed by atoms with Gasteiger partial charge < -0.3 is 5.32 Å². The molecule has 130 valence electrons. The van der Waals surface area contributed by atoms with Crippen molar-refractivity contribution >= 4 is 33.1 Å². The largest absolute Gasteiger partial charge is 0.322 e. The molecule has 0 saturated heterocycles. The first-order valence-electron chi connectivity index (χ1n) is 8.18. The predicted octanol–water partition coefficient (Wildman–Crippen LogP) is 4.22. The number of rotatable bonds is 3. The van der Waals surface area contributed by atoms with Crippen molar-refractivity contribution in [2.75, 3.05) is 5.32 Å². The second kappa shape index (κ2) is 6.44. The molecule has 1 aromatic carbocycles. The number of anilines is 1. The van der Waals surface area contributed by atoms with Crippen LogP contribution in [0.3, 0.4) is 0 Å². The highest BCUT2D eigenvalue weighted by Gasteiger charge is 2.21. The maximum Gasteiger partial charge on any atom is 0.271 e. The van der Waals surface area contributed by atoms with Crippen LogP contribution in [-0.2, 0) is 0 Å². The fourth-order valence-corrected chi connectivity index (χ4v) is 4.01. The molecule has 0 bridgehead atoms. The Balaban J connectivity index is 2.06. The number of nitrogens with one attached hydrogen (secondary N) is 1. The summed E-state index contributed by atoms with van der Waals surface area (Å²) in [5.74, 6) is -0.233. The third-order valence-electron chi connectivity index (χ3n) is 4.06. The fraction of sp³-hybridized carbons (Fsp3) is 0.316. The summed E-state index contributed by atoms with van der Waals surface area (Å²) in [7, 11) is 0. The third kappa shape index (κ3) is 3.22. The first kappa shape index (κ1) is 17.4. The van der Waals surface area contributed by atoms with E-state index >= 15 is 0 Å². The molecule has 2 heterocycles. The molecule has 6 heteroatoms. The maximum atomic E-state index is 12.8. The van der Waals surface area contributed by atoms with Crippen molar-refractivity contribution in [2.24, 2.45) is 0 Å². The van der Waals surface area contributed by atoms with Crippen LogP contribution in [-0.4, -0.2) is 15.5 Å². The summed E-state index contributed by atoms with van der Waals surface area (Å²) in [4.78, 5) is 30.6. The normalized spacial score (nSPS) is 11.3. The van der Waals surface area contributed by atoms with Gasteiger partial charge in [-0.25, -0.2) is 4.98 Å². The number of carbonyl (C=O) groups is 1. The highest BCUT2D eigenvalue weighted by molar-refractivity contribution is 7.19. The first-order chi connectivity index (χ1) is 11.8. The van der Waals surface area contributed by atoms with Gasteiger partial charge in [0.1, 0.15) is 10.2 Å². The van der Waals surface area contributed by atoms with E-state index < -0.39 is 0 Å². The number of aromatic nitrogens is 2. The average molecular weight is 355 g/mol. The second-order valence-corrected chi connectivity index (χ2v) is 7.82. The van der Waals surface area contributed by atoms with Gasteiger partial charge in [-0.2, -0.15) is 0 Å². The Morgan fingerprint density at radius 2 is 1.80 bits per heavy atom. The molecule has 0 aliphatic rings. The van der Waals surface area contributed by atoms with Gasteiger partial charge in [-0.3, -0.25) is 14.2 Å². The molecule has 0 aliphatic heterocycles. The van der Waals surface area contributed by atoms with Crippen molar-refractivity contribution < 1.29 is 4.79 Å². The van der Waals surface area contributed by atoms with Crippen LogP contribution in [0, 0.1) is 20.8 Å². The van der Waals surface area contributed by atoms with Crippen LogP contribution in [0.15, 0.2) is 29.3 Å². The topological polar surface area (TPSA) is 64.0 Å². The summed E-state index contributed by atoms with van der Waals surface area (Å²) in [6.07, 6.45) is 1.52. The number of fused-ring (bicyclic) bond motifs is 1. The van der Waals surface area contributed by atoms with Crippen molar-refractivity contribution in [3.63, 3.8) is 0 Å². The van der Waals surface area contributed by atoms with Gasteiger partial charge in [0.05, 0.1) is 11.9 Å². The van der Waals surface area contributed by atoms with Crippen LogP contribution < -0.4 is 10.9 Å². The summed E-state index contributed by atoms with van der Waals surface area (Å²) >= 11 is 1.33. The molecule has 0 atom stereocenters. The van der Waals surface area contributed by atoms with Gasteiger partial charge in [0.2, 0.25) is 0 Å². The standard InChI is InChI=1S/C19H21N3O2S/c1-10(2)22-9-20-16-15(13(5)25-17(16)19(22)24)18(23)21-14-7-11(3)6-12(4)8-14/h6-10H,1-5H3,(H,21,23). The smallest absolute Gasteiger partial charge is 0.271 e. The van der Waals surface area contributed by atoms with Crippen molar-refractivity contribution in [3.8, 4) is 0 Å². The number of benzene rings is 1. The van der Waals surface area contributed by atoms with E-state index in [9.17, 15) is 9.59 Å². The molecule has 2 aromatic heterocycles. The summed E-state index contributed by atoms with van der Waals surface area (Å²) in [6, 6.07) is 5.93. The monoisotopic (exact) mass is 355 g/mol. The molecule has 0 radical (unpaired) electrons. The van der Waals surface area contributed by atoms with Gasteiger partial charge in [-0.05, 0) is 57.9 Å². The lowest BCUT2D eigenvalue weighted by Gasteiger charge is -2.09. The van der Waals surface area contributed by atoms with E-state index in [0.29, 0.717) is 15.8 Å². The Kier molecular flexibility index (Phi) is 4.47. The molecule has 1 amide bonds. The van der Waals surface area contributed by atoms with Gasteiger partial charge in [0.15, 0.2) is 0 Å². The number of aryl methyl sites for hydroxylation is 3. The lowest BCUT2D eigenvalue weighted by molar-refractivity contribution is 0.102. The van der Waals surface area contributed by atoms with Crippen molar-refractivity contribution in [2.45, 2.75) is 40.7 Å². The predicted molar refractivity (Wildman–Crippen MR) is 103 cm³/mol. The highest BCUT2D eigenvalue weighted by atomic mass is 32.1. The molecular formula is C19H21N3O2S. The Hall–Kier alpha value is -2.47. The number of nitrogens with zero attached hydrogens (tertiary/aromatic N) is 2. The van der Waals surface area contributed by atoms with Crippen molar-refractivity contribution in [3.05, 3.63) is 56.4 Å². The second-order valence-electron chi connectivity index (χ2n) is 6.59. The number of carbonyl (C=O) groups excluding carboxylic acids is 1. The first-order valence-corrected chi connectivity index (χ1v) is 8.99. The molecule has 5 nitrogen and oxygen atoms in total. The minimum absolute atomic E-state index is 0.0272. The Bertz CT molecular complexity index is 1010. The van der Waals surface area contributed by atoms with E-state index in [1.807, 2.05) is 46.8 Å². The summed E-state index contributed by atoms with van der Waals surface area (Å²) < 4.78 is 2.11. The lowest BCUT2D eigenvalue weighted by Crippen LogP contribution is -2.22. The van der Waals surface area contributed by atoms with Crippen LogP contribution in [0.4, 0.5) is 5.69 Å². The summed E-state index contributed by atoms with van der Waals surface area (Å²) in [5, 5.41) is 2.93. The van der Waals surface area contributed by atoms with Crippen LogP contribution in [0.5, 0.6) is 0 Å². The van der Waals surface area contributed by atoms with E-state index in [1.54, 1.807) is 4.57 Å². The van der Waals surface area contributed by atoms with Gasteiger partial charge in [-0.1, -0.05) is 6.07 Å². The lowest BCUT2D eigenvalue weighted by atomic mass is 10.1. The van der Waals surface area contributed by atoms with Crippen LogP contribution >= 0.6 is 11.3 Å². The van der Waals surface area contributed by atoms with Crippen LogP contribution in [0.1, 0.15) is 46.3 Å². The minimum atomic E-state index is -0.233. The van der Waals surface area contributed by atoms with Crippen LogP contribution in [0.2, 0.25) is 0 Å². The number of hydrogen-bond acceptors (Lipinski definition) is 4. The fourth-order valence-electron chi connectivity index (χ4n) is 2.97. The Morgan fingerprint density at radius 1 is 1.16 bits per heavy atom. The molecule has 0 unspecified atom stereocenters. The van der Waals surface area contributed by atoms with E-state index in [0.717, 1.165) is 21.7 Å². The maximum absolute atomic E-state index is 12.8. The highest BCUT2D eigenvalue weighted by Crippen LogP contribution is 2.28. The van der Waals surface area contributed by atoms with Gasteiger partial charge in [-0.15, -0.1) is 11.3 Å².